The topological polar surface area (TPSA) is 145 Å². The lowest BCUT2D eigenvalue weighted by Crippen LogP contribution is -2.32. The zero-order chi connectivity index (χ0) is 31.4. The summed E-state index contributed by atoms with van der Waals surface area (Å²) < 4.78 is 10.9. The van der Waals surface area contributed by atoms with Gasteiger partial charge < -0.3 is 20.9 Å². The van der Waals surface area contributed by atoms with E-state index in [0.717, 1.165) is 33.6 Å². The minimum absolute atomic E-state index is 0.357. The number of nitrogens with two attached hydrogens (primary N) is 2. The van der Waals surface area contributed by atoms with Crippen molar-refractivity contribution in [2.45, 2.75) is 38.9 Å². The molecule has 0 saturated carbocycles. The second-order valence-electron chi connectivity index (χ2n) is 10.3. The molecule has 0 bridgehead atoms. The van der Waals surface area contributed by atoms with Crippen LogP contribution in [0, 0.1) is 0 Å². The van der Waals surface area contributed by atoms with Crippen LogP contribution in [0.3, 0.4) is 0 Å². The molecule has 0 saturated heterocycles. The van der Waals surface area contributed by atoms with E-state index in [9.17, 15) is 19.2 Å². The number of nitrogens with zero attached hydrogens (tertiary/aromatic N) is 2. The first-order valence-electron chi connectivity index (χ1n) is 14.0. The summed E-state index contributed by atoms with van der Waals surface area (Å²) in [6.07, 6.45) is 0.103. The average molecular weight is 593 g/mol. The number of hydrogen-bond donors (Lipinski definition) is 2. The Bertz CT molecular complexity index is 1610. The van der Waals surface area contributed by atoms with Crippen molar-refractivity contribution in [1.29, 1.82) is 0 Å². The summed E-state index contributed by atoms with van der Waals surface area (Å²) in [4.78, 5) is 49.8. The standard InChI is InChI=1S/2C17H16N2O3/c2*1-11(20)22-16-10-12-6-2-4-8-14(12)19(17(18)21)15-9-5-3-7-13(15)16/h2*2-9,16H,10H2,1H3,(H2,18,21)/t2*16-/m00/s1. The van der Waals surface area contributed by atoms with E-state index in [1.54, 1.807) is 12.1 Å². The zero-order valence-electron chi connectivity index (χ0n) is 24.3. The van der Waals surface area contributed by atoms with Gasteiger partial charge in [0.15, 0.2) is 0 Å². The number of ether oxygens (including phenoxy) is 2. The fourth-order valence-corrected chi connectivity index (χ4v) is 5.69. The van der Waals surface area contributed by atoms with Crippen molar-refractivity contribution in [3.8, 4) is 0 Å². The molecule has 0 aliphatic carbocycles. The number of esters is 2. The molecule has 4 amide bonds. The molecule has 0 radical (unpaired) electrons. The fraction of sp³-hybridized carbons (Fsp3) is 0.176. The van der Waals surface area contributed by atoms with Crippen LogP contribution in [0.25, 0.3) is 0 Å². The van der Waals surface area contributed by atoms with E-state index in [0.29, 0.717) is 24.2 Å². The number of benzene rings is 4. The van der Waals surface area contributed by atoms with Crippen molar-refractivity contribution in [2.75, 3.05) is 9.80 Å². The van der Waals surface area contributed by atoms with Gasteiger partial charge in [-0.25, -0.2) is 9.59 Å². The molecule has 2 heterocycles. The van der Waals surface area contributed by atoms with E-state index in [1.165, 1.54) is 23.6 Å². The van der Waals surface area contributed by atoms with Gasteiger partial charge in [0, 0.05) is 37.8 Å². The number of hydrogen-bond acceptors (Lipinski definition) is 6. The maximum absolute atomic E-state index is 12.0. The first kappa shape index (κ1) is 29.8. The fourth-order valence-electron chi connectivity index (χ4n) is 5.69. The molecule has 0 unspecified atom stereocenters. The minimum Gasteiger partial charge on any atom is -0.457 e. The van der Waals surface area contributed by atoms with Crippen molar-refractivity contribution in [1.82, 2.24) is 0 Å². The lowest BCUT2D eigenvalue weighted by Gasteiger charge is -2.23. The number of para-hydroxylation sites is 4. The van der Waals surface area contributed by atoms with E-state index in [2.05, 4.69) is 0 Å². The SMILES string of the molecule is CC(=O)O[C@H]1Cc2ccccc2N(C(N)=O)c2ccccc21.CC(=O)O[C@H]1Cc2ccccc2N(C(N)=O)c2ccccc21. The number of rotatable bonds is 2. The third-order valence-electron chi connectivity index (χ3n) is 7.38. The molecule has 4 N–H and O–H groups in total. The Kier molecular flexibility index (Phi) is 8.61. The number of urea groups is 2. The van der Waals surface area contributed by atoms with Crippen LogP contribution in [0.15, 0.2) is 97.1 Å². The van der Waals surface area contributed by atoms with Gasteiger partial charge in [0.1, 0.15) is 12.2 Å². The molecule has 4 aromatic rings. The molecule has 2 aliphatic rings. The van der Waals surface area contributed by atoms with Gasteiger partial charge in [0.25, 0.3) is 0 Å². The second kappa shape index (κ2) is 12.7. The van der Waals surface area contributed by atoms with E-state index in [1.807, 2.05) is 84.9 Å². The first-order valence-corrected chi connectivity index (χ1v) is 14.0. The minimum atomic E-state index is -0.566. The van der Waals surface area contributed by atoms with Gasteiger partial charge >= 0.3 is 24.0 Å². The summed E-state index contributed by atoms with van der Waals surface area (Å²) in [5, 5.41) is 0. The monoisotopic (exact) mass is 592 g/mol. The van der Waals surface area contributed by atoms with Crippen LogP contribution in [0.5, 0.6) is 0 Å². The number of amides is 4. The summed E-state index contributed by atoms with van der Waals surface area (Å²) in [6.45, 7) is 2.76. The zero-order valence-corrected chi connectivity index (χ0v) is 24.3. The smallest absolute Gasteiger partial charge is 0.323 e. The van der Waals surface area contributed by atoms with Crippen molar-refractivity contribution >= 4 is 46.8 Å². The summed E-state index contributed by atoms with van der Waals surface area (Å²) in [5.74, 6) is -0.713. The Morgan fingerprint density at radius 3 is 1.20 bits per heavy atom. The van der Waals surface area contributed by atoms with Crippen LogP contribution in [0.4, 0.5) is 32.3 Å². The molecule has 0 spiro atoms. The highest BCUT2D eigenvalue weighted by atomic mass is 16.5. The van der Waals surface area contributed by atoms with Crippen LogP contribution in [-0.4, -0.2) is 24.0 Å². The van der Waals surface area contributed by atoms with E-state index in [4.69, 9.17) is 20.9 Å². The van der Waals surface area contributed by atoms with Crippen LogP contribution in [0.2, 0.25) is 0 Å². The molecular weight excluding hydrogens is 560 g/mol. The molecule has 0 aromatic heterocycles. The molecule has 10 heteroatoms. The van der Waals surface area contributed by atoms with Crippen molar-refractivity contribution in [2.24, 2.45) is 11.5 Å². The lowest BCUT2D eigenvalue weighted by molar-refractivity contribution is -0.147. The Labute approximate surface area is 254 Å². The largest absolute Gasteiger partial charge is 0.457 e. The van der Waals surface area contributed by atoms with Gasteiger partial charge in [-0.05, 0) is 35.4 Å². The van der Waals surface area contributed by atoms with Crippen LogP contribution < -0.4 is 21.3 Å². The maximum atomic E-state index is 12.0. The molecule has 4 aromatic carbocycles. The predicted molar refractivity (Wildman–Crippen MR) is 166 cm³/mol. The van der Waals surface area contributed by atoms with E-state index >= 15 is 0 Å². The van der Waals surface area contributed by atoms with Gasteiger partial charge in [-0.3, -0.25) is 19.4 Å². The first-order chi connectivity index (χ1) is 21.2. The van der Waals surface area contributed by atoms with Crippen LogP contribution >= 0.6 is 0 Å². The van der Waals surface area contributed by atoms with Gasteiger partial charge in [-0.2, -0.15) is 0 Å². The van der Waals surface area contributed by atoms with Crippen molar-refractivity contribution in [3.63, 3.8) is 0 Å². The highest BCUT2D eigenvalue weighted by Crippen LogP contribution is 2.42. The summed E-state index contributed by atoms with van der Waals surface area (Å²) >= 11 is 0. The number of fused-ring (bicyclic) bond motifs is 4. The average Bonchev–Trinajstić information content (AvgIpc) is 3.21. The van der Waals surface area contributed by atoms with Gasteiger partial charge in [-0.15, -0.1) is 0 Å². The number of carbonyl (C=O) groups excluding carboxylic acids is 4. The lowest BCUT2D eigenvalue weighted by atomic mass is 10.0. The summed E-state index contributed by atoms with van der Waals surface area (Å²) in [5.41, 5.74) is 17.3. The van der Waals surface area contributed by atoms with Crippen molar-refractivity contribution in [3.05, 3.63) is 119 Å². The molecular formula is C34H32N4O6. The number of carbonyl (C=O) groups is 4. The van der Waals surface area contributed by atoms with Crippen molar-refractivity contribution < 1.29 is 28.7 Å². The number of anilines is 4. The highest BCUT2D eigenvalue weighted by molar-refractivity contribution is 6.01. The highest BCUT2D eigenvalue weighted by Gasteiger charge is 2.32. The molecule has 44 heavy (non-hydrogen) atoms. The third kappa shape index (κ3) is 6.10. The quantitative estimate of drug-likeness (QED) is 0.268. The molecule has 2 atom stereocenters. The Balaban J connectivity index is 0.000000175. The summed E-state index contributed by atoms with van der Waals surface area (Å²) in [6, 6.07) is 28.5. The van der Waals surface area contributed by atoms with Crippen LogP contribution in [0.1, 0.15) is 48.3 Å². The molecule has 0 fully saturated rings. The van der Waals surface area contributed by atoms with Gasteiger partial charge in [0.05, 0.1) is 22.7 Å². The molecule has 2 aliphatic heterocycles. The van der Waals surface area contributed by atoms with Crippen LogP contribution in [-0.2, 0) is 31.9 Å². The predicted octanol–water partition coefficient (Wildman–Crippen LogP) is 6.13. The maximum Gasteiger partial charge on any atom is 0.323 e. The Morgan fingerprint density at radius 1 is 0.545 bits per heavy atom. The van der Waals surface area contributed by atoms with Gasteiger partial charge in [0.2, 0.25) is 0 Å². The molecule has 224 valence electrons. The molecule has 10 nitrogen and oxygen atoms in total. The summed E-state index contributed by atoms with van der Waals surface area (Å²) in [7, 11) is 0. The normalized spacial score (nSPS) is 16.2. The van der Waals surface area contributed by atoms with Gasteiger partial charge in [-0.1, -0.05) is 72.8 Å². The second-order valence-corrected chi connectivity index (χ2v) is 10.3. The Hall–Kier alpha value is -5.64. The van der Waals surface area contributed by atoms with E-state index < -0.39 is 24.3 Å². The third-order valence-corrected chi connectivity index (χ3v) is 7.38. The number of primary amides is 2. The van der Waals surface area contributed by atoms with E-state index in [-0.39, 0.29) is 11.9 Å². The molecule has 6 rings (SSSR count). The Morgan fingerprint density at radius 2 is 0.864 bits per heavy atom.